The Morgan fingerprint density at radius 3 is 2.79 bits per heavy atom. The van der Waals surface area contributed by atoms with E-state index < -0.39 is 5.97 Å². The van der Waals surface area contributed by atoms with E-state index in [1.54, 1.807) is 18.3 Å². The molecule has 1 N–H and O–H groups in total. The molecule has 0 unspecified atom stereocenters. The van der Waals surface area contributed by atoms with Crippen LogP contribution in [0.3, 0.4) is 0 Å². The molecule has 1 aromatic carbocycles. The standard InChI is InChI=1S/C15H16FNO2/c1-2-4-14-13(15(18)19)7-8-17(14)10-11-5-3-6-12(16)9-11/h3,5-9H,2,4,10H2,1H3,(H,18,19). The van der Waals surface area contributed by atoms with Crippen molar-refractivity contribution in [2.24, 2.45) is 0 Å². The molecule has 0 atom stereocenters. The predicted octanol–water partition coefficient (Wildman–Crippen LogP) is 3.33. The van der Waals surface area contributed by atoms with Gasteiger partial charge in [0.15, 0.2) is 0 Å². The fourth-order valence-corrected chi connectivity index (χ4v) is 2.20. The fraction of sp³-hybridized carbons (Fsp3) is 0.267. The molecule has 2 aromatic rings. The second-order valence-corrected chi connectivity index (χ2v) is 4.49. The number of hydrogen-bond donors (Lipinski definition) is 1. The molecule has 0 spiro atoms. The molecule has 1 heterocycles. The molecule has 100 valence electrons. The summed E-state index contributed by atoms with van der Waals surface area (Å²) in [6.07, 6.45) is 3.32. The van der Waals surface area contributed by atoms with Gasteiger partial charge in [-0.25, -0.2) is 9.18 Å². The third-order valence-electron chi connectivity index (χ3n) is 3.04. The molecule has 19 heavy (non-hydrogen) atoms. The van der Waals surface area contributed by atoms with E-state index >= 15 is 0 Å². The molecule has 4 heteroatoms. The first-order chi connectivity index (χ1) is 9.11. The van der Waals surface area contributed by atoms with Gasteiger partial charge in [0.25, 0.3) is 0 Å². The van der Waals surface area contributed by atoms with Gasteiger partial charge in [-0.05, 0) is 30.2 Å². The molecule has 0 fully saturated rings. The van der Waals surface area contributed by atoms with Crippen LogP contribution < -0.4 is 0 Å². The summed E-state index contributed by atoms with van der Waals surface area (Å²) in [7, 11) is 0. The zero-order valence-corrected chi connectivity index (χ0v) is 10.8. The predicted molar refractivity (Wildman–Crippen MR) is 70.9 cm³/mol. The zero-order valence-electron chi connectivity index (χ0n) is 10.8. The summed E-state index contributed by atoms with van der Waals surface area (Å²) in [6.45, 7) is 2.49. The Hall–Kier alpha value is -2.10. The van der Waals surface area contributed by atoms with Crippen molar-refractivity contribution in [3.63, 3.8) is 0 Å². The highest BCUT2D eigenvalue weighted by Crippen LogP contribution is 2.16. The van der Waals surface area contributed by atoms with Gasteiger partial charge < -0.3 is 9.67 Å². The van der Waals surface area contributed by atoms with Crippen molar-refractivity contribution in [2.45, 2.75) is 26.3 Å². The Balaban J connectivity index is 2.32. The number of nitrogens with zero attached hydrogens (tertiary/aromatic N) is 1. The normalized spacial score (nSPS) is 10.6. The number of hydrogen-bond acceptors (Lipinski definition) is 1. The zero-order chi connectivity index (χ0) is 13.8. The van der Waals surface area contributed by atoms with E-state index in [4.69, 9.17) is 5.11 Å². The molecule has 0 aliphatic carbocycles. The molecule has 0 radical (unpaired) electrons. The van der Waals surface area contributed by atoms with E-state index in [0.717, 1.165) is 17.7 Å². The van der Waals surface area contributed by atoms with Crippen molar-refractivity contribution < 1.29 is 14.3 Å². The topological polar surface area (TPSA) is 42.2 Å². The number of rotatable bonds is 5. The van der Waals surface area contributed by atoms with E-state index in [1.807, 2.05) is 17.6 Å². The van der Waals surface area contributed by atoms with Crippen LogP contribution in [-0.4, -0.2) is 15.6 Å². The lowest BCUT2D eigenvalue weighted by molar-refractivity contribution is 0.0695. The van der Waals surface area contributed by atoms with E-state index in [-0.39, 0.29) is 5.82 Å². The molecule has 0 bridgehead atoms. The molecule has 0 saturated carbocycles. The first-order valence-corrected chi connectivity index (χ1v) is 6.27. The van der Waals surface area contributed by atoms with Gasteiger partial charge in [0.2, 0.25) is 0 Å². The number of carbonyl (C=O) groups is 1. The molecule has 3 nitrogen and oxygen atoms in total. The smallest absolute Gasteiger partial charge is 0.337 e. The fourth-order valence-electron chi connectivity index (χ4n) is 2.20. The summed E-state index contributed by atoms with van der Waals surface area (Å²) in [6, 6.07) is 7.96. The van der Waals surface area contributed by atoms with Crippen LogP contribution in [0.4, 0.5) is 4.39 Å². The minimum Gasteiger partial charge on any atom is -0.478 e. The molecule has 0 aliphatic rings. The first kappa shape index (κ1) is 13.3. The van der Waals surface area contributed by atoms with Gasteiger partial charge in [0, 0.05) is 18.4 Å². The first-order valence-electron chi connectivity index (χ1n) is 6.27. The van der Waals surface area contributed by atoms with Crippen LogP contribution in [-0.2, 0) is 13.0 Å². The Kier molecular flexibility index (Phi) is 4.00. The summed E-state index contributed by atoms with van der Waals surface area (Å²) in [5.41, 5.74) is 1.95. The van der Waals surface area contributed by atoms with Crippen molar-refractivity contribution in [3.05, 3.63) is 59.2 Å². The average molecular weight is 261 g/mol. The Labute approximate surface area is 111 Å². The lowest BCUT2D eigenvalue weighted by Crippen LogP contribution is -2.07. The van der Waals surface area contributed by atoms with Crippen LogP contribution in [0, 0.1) is 5.82 Å². The molecular weight excluding hydrogens is 245 g/mol. The number of halogens is 1. The van der Waals surface area contributed by atoms with E-state index in [1.165, 1.54) is 12.1 Å². The van der Waals surface area contributed by atoms with Gasteiger partial charge in [0.05, 0.1) is 5.56 Å². The van der Waals surface area contributed by atoms with Crippen molar-refractivity contribution in [3.8, 4) is 0 Å². The molecular formula is C15H16FNO2. The minimum atomic E-state index is -0.915. The number of carboxylic acid groups (broad SMARTS) is 1. The Bertz CT molecular complexity index is 590. The minimum absolute atomic E-state index is 0.278. The molecule has 2 rings (SSSR count). The molecule has 0 amide bonds. The van der Waals surface area contributed by atoms with Gasteiger partial charge in [-0.1, -0.05) is 25.5 Å². The second kappa shape index (κ2) is 5.69. The van der Waals surface area contributed by atoms with Crippen molar-refractivity contribution in [2.75, 3.05) is 0 Å². The van der Waals surface area contributed by atoms with E-state index in [0.29, 0.717) is 18.5 Å². The van der Waals surface area contributed by atoms with Crippen LogP contribution in [0.1, 0.15) is 35.0 Å². The van der Waals surface area contributed by atoms with E-state index in [2.05, 4.69) is 0 Å². The number of aromatic nitrogens is 1. The quantitative estimate of drug-likeness (QED) is 0.897. The van der Waals surface area contributed by atoms with Crippen molar-refractivity contribution >= 4 is 5.97 Å². The average Bonchev–Trinajstić information content (AvgIpc) is 2.73. The largest absolute Gasteiger partial charge is 0.478 e. The van der Waals surface area contributed by atoms with Gasteiger partial charge in [-0.2, -0.15) is 0 Å². The van der Waals surface area contributed by atoms with E-state index in [9.17, 15) is 9.18 Å². The lowest BCUT2D eigenvalue weighted by Gasteiger charge is -2.10. The lowest BCUT2D eigenvalue weighted by atomic mass is 10.1. The van der Waals surface area contributed by atoms with Crippen molar-refractivity contribution in [1.29, 1.82) is 0 Å². The summed E-state index contributed by atoms with van der Waals surface area (Å²) >= 11 is 0. The van der Waals surface area contributed by atoms with Crippen LogP contribution in [0.15, 0.2) is 36.5 Å². The summed E-state index contributed by atoms with van der Waals surface area (Å²) in [4.78, 5) is 11.1. The third-order valence-corrected chi connectivity index (χ3v) is 3.04. The van der Waals surface area contributed by atoms with Gasteiger partial charge in [0.1, 0.15) is 5.82 Å². The highest BCUT2D eigenvalue weighted by atomic mass is 19.1. The maximum Gasteiger partial charge on any atom is 0.337 e. The van der Waals surface area contributed by atoms with Crippen LogP contribution >= 0.6 is 0 Å². The molecule has 0 saturated heterocycles. The third kappa shape index (κ3) is 3.02. The number of benzene rings is 1. The number of aromatic carboxylic acids is 1. The van der Waals surface area contributed by atoms with Crippen molar-refractivity contribution in [1.82, 2.24) is 4.57 Å². The summed E-state index contributed by atoms with van der Waals surface area (Å²) < 4.78 is 15.0. The van der Waals surface area contributed by atoms with Gasteiger partial charge in [-0.3, -0.25) is 0 Å². The maximum absolute atomic E-state index is 13.1. The maximum atomic E-state index is 13.1. The van der Waals surface area contributed by atoms with Crippen LogP contribution in [0.25, 0.3) is 0 Å². The second-order valence-electron chi connectivity index (χ2n) is 4.49. The molecule has 1 aromatic heterocycles. The van der Waals surface area contributed by atoms with Crippen LogP contribution in [0.2, 0.25) is 0 Å². The SMILES string of the molecule is CCCc1c(C(=O)O)ccn1Cc1cccc(F)c1. The van der Waals surface area contributed by atoms with Gasteiger partial charge in [-0.15, -0.1) is 0 Å². The molecule has 0 aliphatic heterocycles. The Morgan fingerprint density at radius 1 is 1.37 bits per heavy atom. The highest BCUT2D eigenvalue weighted by Gasteiger charge is 2.14. The summed E-state index contributed by atoms with van der Waals surface area (Å²) in [5, 5.41) is 9.14. The monoisotopic (exact) mass is 261 g/mol. The summed E-state index contributed by atoms with van der Waals surface area (Å²) in [5.74, 6) is -1.19. The van der Waals surface area contributed by atoms with Gasteiger partial charge >= 0.3 is 5.97 Å². The Morgan fingerprint density at radius 2 is 2.16 bits per heavy atom. The highest BCUT2D eigenvalue weighted by molar-refractivity contribution is 5.89. The van der Waals surface area contributed by atoms with Crippen LogP contribution in [0.5, 0.6) is 0 Å². The number of carboxylic acids is 1.